The van der Waals surface area contributed by atoms with Crippen LogP contribution < -0.4 is 0 Å². The number of hydrogen-bond acceptors (Lipinski definition) is 4. The van der Waals surface area contributed by atoms with Crippen LogP contribution in [0, 0.1) is 0 Å². The molecule has 2 heterocycles. The minimum atomic E-state index is 0.0868. The van der Waals surface area contributed by atoms with Gasteiger partial charge in [-0.15, -0.1) is 0 Å². The Labute approximate surface area is 423 Å². The third-order valence-corrected chi connectivity index (χ3v) is 14.3. The fraction of sp³-hybridized carbons (Fsp3) is 0.500. The average Bonchev–Trinajstić information content (AvgIpc) is 3.40. The van der Waals surface area contributed by atoms with Crippen molar-refractivity contribution >= 4 is 33.6 Å². The number of amides is 2. The van der Waals surface area contributed by atoms with E-state index in [0.29, 0.717) is 11.1 Å². The molecule has 2 amide bonds. The topological polar surface area (TPSA) is 66.4 Å². The van der Waals surface area contributed by atoms with E-state index in [1.165, 1.54) is 103 Å². The molecule has 0 bridgehead atoms. The Morgan fingerprint density at radius 2 is 0.643 bits per heavy atom. The first-order valence-electron chi connectivity index (χ1n) is 28.0. The summed E-state index contributed by atoms with van der Waals surface area (Å²) in [5.41, 5.74) is 8.59. The minimum Gasteiger partial charge on any atom is -0.339 e. The summed E-state index contributed by atoms with van der Waals surface area (Å²) in [6.45, 7) is 12.1. The zero-order valence-electron chi connectivity index (χ0n) is 43.8. The van der Waals surface area contributed by atoms with E-state index >= 15 is 9.59 Å². The van der Waals surface area contributed by atoms with Gasteiger partial charge >= 0.3 is 0 Å². The molecule has 4 aromatic carbocycles. The van der Waals surface area contributed by atoms with Crippen LogP contribution in [0.4, 0.5) is 0 Å². The van der Waals surface area contributed by atoms with E-state index in [1.807, 2.05) is 48.5 Å². The lowest BCUT2D eigenvalue weighted by atomic mass is 9.95. The molecule has 70 heavy (non-hydrogen) atoms. The molecule has 0 N–H and O–H groups in total. The van der Waals surface area contributed by atoms with E-state index in [1.54, 1.807) is 0 Å². The lowest BCUT2D eigenvalue weighted by Gasteiger charge is -2.24. The van der Waals surface area contributed by atoms with Crippen LogP contribution in [0.5, 0.6) is 0 Å². The quantitative estimate of drug-likeness (QED) is 0.0386. The first-order chi connectivity index (χ1) is 34.4. The predicted octanol–water partition coefficient (Wildman–Crippen LogP) is 18.1. The number of carbonyl (C=O) groups excluding carboxylic acids is 2. The van der Waals surface area contributed by atoms with Crippen molar-refractivity contribution < 1.29 is 9.59 Å². The summed E-state index contributed by atoms with van der Waals surface area (Å²) >= 11 is 0. The SMILES string of the molecule is CCCCCCCCN(CCCCCCCC)C(=O)c1cc(-c2ccccc2)nc2ccc(-c3ccc4nc(-c5ccccc5)cc(C(=O)N(CCCCCCCC)CCCCCCCC)c4c3)cc12. The molecule has 0 atom stereocenters. The maximum absolute atomic E-state index is 15.2. The molecule has 0 aliphatic carbocycles. The summed E-state index contributed by atoms with van der Waals surface area (Å²) in [7, 11) is 0. The van der Waals surface area contributed by atoms with Gasteiger partial charge < -0.3 is 9.80 Å². The van der Waals surface area contributed by atoms with E-state index in [0.717, 1.165) is 133 Å². The lowest BCUT2D eigenvalue weighted by Crippen LogP contribution is -2.33. The molecule has 6 heteroatoms. The van der Waals surface area contributed by atoms with Gasteiger partial charge in [0.05, 0.1) is 33.5 Å². The van der Waals surface area contributed by atoms with E-state index in [9.17, 15) is 0 Å². The largest absolute Gasteiger partial charge is 0.339 e. The smallest absolute Gasteiger partial charge is 0.254 e. The number of rotatable bonds is 33. The minimum absolute atomic E-state index is 0.0868. The van der Waals surface area contributed by atoms with Crippen molar-refractivity contribution in [2.24, 2.45) is 0 Å². The Morgan fingerprint density at radius 3 is 0.957 bits per heavy atom. The van der Waals surface area contributed by atoms with Gasteiger partial charge in [-0.05, 0) is 73.2 Å². The first-order valence-corrected chi connectivity index (χ1v) is 28.0. The molecule has 0 saturated carbocycles. The molecule has 374 valence electrons. The van der Waals surface area contributed by atoms with Gasteiger partial charge in [0.1, 0.15) is 0 Å². The van der Waals surface area contributed by atoms with Crippen molar-refractivity contribution in [1.82, 2.24) is 19.8 Å². The summed E-state index contributed by atoms with van der Waals surface area (Å²) in [5.74, 6) is 0.174. The fourth-order valence-corrected chi connectivity index (χ4v) is 9.98. The van der Waals surface area contributed by atoms with E-state index < -0.39 is 0 Å². The maximum Gasteiger partial charge on any atom is 0.254 e. The second-order valence-corrected chi connectivity index (χ2v) is 20.0. The van der Waals surface area contributed by atoms with Gasteiger partial charge in [-0.2, -0.15) is 0 Å². The van der Waals surface area contributed by atoms with Gasteiger partial charge in [-0.1, -0.05) is 229 Å². The molecule has 0 unspecified atom stereocenters. The van der Waals surface area contributed by atoms with Crippen LogP contribution in [0.2, 0.25) is 0 Å². The summed E-state index contributed by atoms with van der Waals surface area (Å²) in [6.07, 6.45) is 28.5. The van der Waals surface area contributed by atoms with Crippen LogP contribution in [-0.4, -0.2) is 57.8 Å². The van der Waals surface area contributed by atoms with Gasteiger partial charge in [0.2, 0.25) is 0 Å². The molecular formula is C64H86N4O2. The highest BCUT2D eigenvalue weighted by molar-refractivity contribution is 6.10. The Morgan fingerprint density at radius 1 is 0.343 bits per heavy atom. The summed E-state index contributed by atoms with van der Waals surface area (Å²) in [4.78, 5) is 45.0. The number of unbranched alkanes of at least 4 members (excludes halogenated alkanes) is 20. The van der Waals surface area contributed by atoms with Crippen LogP contribution in [0.25, 0.3) is 55.4 Å². The Bertz CT molecular complexity index is 2260. The predicted molar refractivity (Wildman–Crippen MR) is 299 cm³/mol. The van der Waals surface area contributed by atoms with E-state index in [4.69, 9.17) is 9.97 Å². The number of benzene rings is 4. The van der Waals surface area contributed by atoms with Gasteiger partial charge in [-0.3, -0.25) is 9.59 Å². The van der Waals surface area contributed by atoms with Gasteiger partial charge in [-0.25, -0.2) is 9.97 Å². The fourth-order valence-electron chi connectivity index (χ4n) is 9.98. The summed E-state index contributed by atoms with van der Waals surface area (Å²) in [6, 6.07) is 37.3. The van der Waals surface area contributed by atoms with Crippen LogP contribution >= 0.6 is 0 Å². The highest BCUT2D eigenvalue weighted by atomic mass is 16.2. The highest BCUT2D eigenvalue weighted by Gasteiger charge is 2.23. The summed E-state index contributed by atoms with van der Waals surface area (Å²) in [5, 5.41) is 1.71. The Kier molecular flexibility index (Phi) is 23.4. The standard InChI is InChI=1S/C64H86N4O2/c1-5-9-13-17-21-31-43-67(44-32-22-18-14-10-6-2)63(69)57-49-61(51-35-27-25-28-36-51)65-59-41-39-53(47-55(57)59)54-40-42-60-56(48-54)58(50-62(66-60)52-37-29-26-30-38-52)64(70)68(45-33-23-19-15-11-7-3)46-34-24-20-16-12-8-4/h25-30,35-42,47-50H,5-24,31-34,43-46H2,1-4H3. The molecule has 6 aromatic rings. The van der Waals surface area contributed by atoms with E-state index in [-0.39, 0.29) is 11.8 Å². The van der Waals surface area contributed by atoms with Gasteiger partial charge in [0.25, 0.3) is 11.8 Å². The zero-order valence-corrected chi connectivity index (χ0v) is 43.8. The van der Waals surface area contributed by atoms with Crippen molar-refractivity contribution in [2.45, 2.75) is 182 Å². The molecule has 0 spiro atoms. The molecule has 0 fully saturated rings. The van der Waals surface area contributed by atoms with Crippen molar-refractivity contribution in [2.75, 3.05) is 26.2 Å². The molecule has 0 saturated heterocycles. The first kappa shape index (κ1) is 54.0. The van der Waals surface area contributed by atoms with Crippen LogP contribution in [0.15, 0.2) is 109 Å². The zero-order chi connectivity index (χ0) is 49.2. The Hall–Kier alpha value is -5.36. The maximum atomic E-state index is 15.2. The van der Waals surface area contributed by atoms with Crippen molar-refractivity contribution in [3.63, 3.8) is 0 Å². The lowest BCUT2D eigenvalue weighted by molar-refractivity contribution is 0.0743. The number of carbonyl (C=O) groups is 2. The molecule has 6 nitrogen and oxygen atoms in total. The van der Waals surface area contributed by atoms with Crippen LogP contribution in [0.1, 0.15) is 203 Å². The number of nitrogens with zero attached hydrogens (tertiary/aromatic N) is 4. The molecular weight excluding hydrogens is 857 g/mol. The Balaban J connectivity index is 1.40. The van der Waals surface area contributed by atoms with Crippen LogP contribution in [0.3, 0.4) is 0 Å². The van der Waals surface area contributed by atoms with Gasteiger partial charge in [0, 0.05) is 48.1 Å². The van der Waals surface area contributed by atoms with E-state index in [2.05, 4.69) is 98.2 Å². The third-order valence-electron chi connectivity index (χ3n) is 14.3. The molecule has 2 aromatic heterocycles. The second kappa shape index (κ2) is 30.4. The average molecular weight is 943 g/mol. The van der Waals surface area contributed by atoms with Crippen LogP contribution in [-0.2, 0) is 0 Å². The van der Waals surface area contributed by atoms with Crippen molar-refractivity contribution in [1.29, 1.82) is 0 Å². The highest BCUT2D eigenvalue weighted by Crippen LogP contribution is 2.34. The monoisotopic (exact) mass is 943 g/mol. The molecule has 0 aliphatic heterocycles. The molecule has 0 radical (unpaired) electrons. The normalized spacial score (nSPS) is 11.4. The molecule has 6 rings (SSSR count). The molecule has 0 aliphatic rings. The number of hydrogen-bond donors (Lipinski definition) is 0. The van der Waals surface area contributed by atoms with Crippen molar-refractivity contribution in [3.05, 3.63) is 120 Å². The number of pyridine rings is 2. The third kappa shape index (κ3) is 16.4. The number of aromatic nitrogens is 2. The van der Waals surface area contributed by atoms with Crippen molar-refractivity contribution in [3.8, 4) is 33.6 Å². The van der Waals surface area contributed by atoms with Gasteiger partial charge in [0.15, 0.2) is 0 Å². The second-order valence-electron chi connectivity index (χ2n) is 20.0. The summed E-state index contributed by atoms with van der Waals surface area (Å²) < 4.78 is 0. The number of fused-ring (bicyclic) bond motifs is 2.